The Morgan fingerprint density at radius 2 is 1.90 bits per heavy atom. The van der Waals surface area contributed by atoms with E-state index in [0.717, 1.165) is 22.5 Å². The Morgan fingerprint density at radius 3 is 2.66 bits per heavy atom. The van der Waals surface area contributed by atoms with E-state index in [4.69, 9.17) is 0 Å². The van der Waals surface area contributed by atoms with Gasteiger partial charge in [-0.2, -0.15) is 0 Å². The van der Waals surface area contributed by atoms with Crippen LogP contribution in [-0.2, 0) is 9.59 Å². The zero-order valence-corrected chi connectivity index (χ0v) is 17.4. The molecule has 2 amide bonds. The molecule has 0 saturated carbocycles. The fourth-order valence-electron chi connectivity index (χ4n) is 3.33. The van der Waals surface area contributed by atoms with E-state index < -0.39 is 6.04 Å². The number of amidine groups is 2. The van der Waals surface area contributed by atoms with Gasteiger partial charge in [0.1, 0.15) is 11.9 Å². The number of nitrogens with one attached hydrogen (secondary N) is 1. The zero-order chi connectivity index (χ0) is 20.5. The third-order valence-corrected chi connectivity index (χ3v) is 5.82. The topological polar surface area (TPSA) is 74.1 Å². The number of fused-ring (bicyclic) bond motifs is 3. The number of carbonyl (C=O) groups excluding carboxylic acids is 2. The third-order valence-electron chi connectivity index (χ3n) is 4.88. The largest absolute Gasteiger partial charge is 0.325 e. The van der Waals surface area contributed by atoms with Crippen molar-refractivity contribution in [2.75, 3.05) is 11.1 Å². The summed E-state index contributed by atoms with van der Waals surface area (Å²) >= 11 is 1.25. The Labute approximate surface area is 174 Å². The lowest BCUT2D eigenvalue weighted by atomic mass is 10.1. The molecule has 148 valence electrons. The molecule has 2 aliphatic heterocycles. The molecule has 0 aliphatic carbocycles. The van der Waals surface area contributed by atoms with Crippen molar-refractivity contribution in [1.29, 1.82) is 0 Å². The number of anilines is 1. The summed E-state index contributed by atoms with van der Waals surface area (Å²) in [5.74, 6) is 0.634. The van der Waals surface area contributed by atoms with Crippen LogP contribution in [0.4, 0.5) is 11.4 Å². The highest BCUT2D eigenvalue weighted by Gasteiger charge is 2.42. The van der Waals surface area contributed by atoms with Crippen LogP contribution >= 0.6 is 11.8 Å². The van der Waals surface area contributed by atoms with E-state index in [1.165, 1.54) is 11.8 Å². The SMILES string of the molecule is Cc1ccccc1NC(=O)CSC1=Nc2ccccc2C2=N[C@@H](C(C)C)C(=O)N12. The zero-order valence-electron chi connectivity index (χ0n) is 16.5. The molecule has 1 atom stereocenters. The van der Waals surface area contributed by atoms with Gasteiger partial charge in [0.25, 0.3) is 5.91 Å². The van der Waals surface area contributed by atoms with Gasteiger partial charge in [0.05, 0.1) is 11.4 Å². The maximum Gasteiger partial charge on any atom is 0.259 e. The summed E-state index contributed by atoms with van der Waals surface area (Å²) in [4.78, 5) is 36.4. The Kier molecular flexibility index (Phi) is 5.24. The van der Waals surface area contributed by atoms with Crippen molar-refractivity contribution in [2.24, 2.45) is 15.9 Å². The number of aryl methyl sites for hydroxylation is 1. The predicted octanol–water partition coefficient (Wildman–Crippen LogP) is 3.98. The number of amides is 2. The summed E-state index contributed by atoms with van der Waals surface area (Å²) < 4.78 is 0. The number of hydrogen-bond acceptors (Lipinski definition) is 5. The Bertz CT molecular complexity index is 1040. The number of nitrogens with zero attached hydrogens (tertiary/aromatic N) is 3. The molecule has 4 rings (SSSR count). The fraction of sp³-hybridized carbons (Fsp3) is 0.273. The molecule has 0 unspecified atom stereocenters. The van der Waals surface area contributed by atoms with Crippen LogP contribution in [0.2, 0.25) is 0 Å². The average molecular weight is 407 g/mol. The first-order chi connectivity index (χ1) is 14.0. The van der Waals surface area contributed by atoms with Crippen molar-refractivity contribution < 1.29 is 9.59 Å². The number of para-hydroxylation sites is 2. The van der Waals surface area contributed by atoms with E-state index >= 15 is 0 Å². The molecule has 0 spiro atoms. The van der Waals surface area contributed by atoms with Crippen LogP contribution in [0.15, 0.2) is 58.5 Å². The number of carbonyl (C=O) groups is 2. The molecule has 0 aromatic heterocycles. The van der Waals surface area contributed by atoms with Crippen LogP contribution < -0.4 is 5.32 Å². The molecule has 7 heteroatoms. The van der Waals surface area contributed by atoms with Gasteiger partial charge in [-0.1, -0.05) is 55.9 Å². The summed E-state index contributed by atoms with van der Waals surface area (Å²) in [6, 6.07) is 14.8. The minimum absolute atomic E-state index is 0.0865. The van der Waals surface area contributed by atoms with Gasteiger partial charge in [-0.3, -0.25) is 14.6 Å². The number of thioether (sulfide) groups is 1. The van der Waals surface area contributed by atoms with E-state index in [-0.39, 0.29) is 23.5 Å². The Balaban J connectivity index is 1.56. The Hall–Kier alpha value is -2.93. The lowest BCUT2D eigenvalue weighted by Gasteiger charge is -2.25. The second kappa shape index (κ2) is 7.83. The number of aliphatic imine (C=N–C) groups is 2. The highest BCUT2D eigenvalue weighted by atomic mass is 32.2. The summed E-state index contributed by atoms with van der Waals surface area (Å²) in [5, 5.41) is 3.41. The Morgan fingerprint density at radius 1 is 1.17 bits per heavy atom. The first kappa shape index (κ1) is 19.4. The van der Waals surface area contributed by atoms with Gasteiger partial charge in [-0.15, -0.1) is 0 Å². The van der Waals surface area contributed by atoms with Crippen molar-refractivity contribution in [3.8, 4) is 0 Å². The smallest absolute Gasteiger partial charge is 0.259 e. The monoisotopic (exact) mass is 406 g/mol. The summed E-state index contributed by atoms with van der Waals surface area (Å²) in [6.45, 7) is 5.91. The van der Waals surface area contributed by atoms with Crippen LogP contribution in [0.5, 0.6) is 0 Å². The standard InChI is InChI=1S/C22H22N4O2S/c1-13(2)19-21(28)26-20(25-19)15-9-5-7-11-17(15)24-22(26)29-12-18(27)23-16-10-6-4-8-14(16)3/h4-11,13,19H,12H2,1-3H3,(H,23,27)/t19-/m0/s1. The molecule has 2 aromatic rings. The van der Waals surface area contributed by atoms with Gasteiger partial charge >= 0.3 is 0 Å². The van der Waals surface area contributed by atoms with Crippen LogP contribution in [0, 0.1) is 12.8 Å². The van der Waals surface area contributed by atoms with Crippen molar-refractivity contribution in [3.63, 3.8) is 0 Å². The van der Waals surface area contributed by atoms with Crippen molar-refractivity contribution in [3.05, 3.63) is 59.7 Å². The van der Waals surface area contributed by atoms with E-state index in [2.05, 4.69) is 15.3 Å². The van der Waals surface area contributed by atoms with Crippen LogP contribution in [-0.4, -0.2) is 39.5 Å². The first-order valence-electron chi connectivity index (χ1n) is 9.54. The first-order valence-corrected chi connectivity index (χ1v) is 10.5. The highest BCUT2D eigenvalue weighted by Crippen LogP contribution is 2.34. The summed E-state index contributed by atoms with van der Waals surface area (Å²) in [7, 11) is 0. The summed E-state index contributed by atoms with van der Waals surface area (Å²) in [5.41, 5.74) is 3.39. The molecule has 0 bridgehead atoms. The van der Waals surface area contributed by atoms with Crippen LogP contribution in [0.25, 0.3) is 0 Å². The van der Waals surface area contributed by atoms with E-state index in [1.807, 2.05) is 69.3 Å². The second-order valence-electron chi connectivity index (χ2n) is 7.38. The van der Waals surface area contributed by atoms with Gasteiger partial charge in [0.15, 0.2) is 5.17 Å². The number of rotatable bonds is 4. The number of benzene rings is 2. The van der Waals surface area contributed by atoms with Gasteiger partial charge in [0.2, 0.25) is 5.91 Å². The molecule has 2 aromatic carbocycles. The van der Waals surface area contributed by atoms with Crippen molar-refractivity contribution in [2.45, 2.75) is 26.8 Å². The minimum atomic E-state index is -0.428. The summed E-state index contributed by atoms with van der Waals surface area (Å²) in [6.07, 6.45) is 0. The molecule has 0 saturated heterocycles. The predicted molar refractivity (Wildman–Crippen MR) is 118 cm³/mol. The number of hydrogen-bond donors (Lipinski definition) is 1. The molecule has 2 aliphatic rings. The maximum atomic E-state index is 13.0. The quantitative estimate of drug-likeness (QED) is 0.835. The maximum absolute atomic E-state index is 13.0. The average Bonchev–Trinajstić information content (AvgIpc) is 3.06. The van der Waals surface area contributed by atoms with Crippen molar-refractivity contribution >= 4 is 46.0 Å². The fourth-order valence-corrected chi connectivity index (χ4v) is 4.13. The molecule has 0 fully saturated rings. The van der Waals surface area contributed by atoms with Gasteiger partial charge in [-0.05, 0) is 36.6 Å². The molecule has 0 radical (unpaired) electrons. The molecule has 6 nitrogen and oxygen atoms in total. The lowest BCUT2D eigenvalue weighted by Crippen LogP contribution is -2.42. The third kappa shape index (κ3) is 3.70. The minimum Gasteiger partial charge on any atom is -0.325 e. The van der Waals surface area contributed by atoms with E-state index in [1.54, 1.807) is 4.90 Å². The van der Waals surface area contributed by atoms with E-state index in [0.29, 0.717) is 11.0 Å². The highest BCUT2D eigenvalue weighted by molar-refractivity contribution is 8.14. The van der Waals surface area contributed by atoms with Crippen molar-refractivity contribution in [1.82, 2.24) is 4.90 Å². The van der Waals surface area contributed by atoms with Crippen LogP contribution in [0.1, 0.15) is 25.0 Å². The van der Waals surface area contributed by atoms with Crippen LogP contribution in [0.3, 0.4) is 0 Å². The van der Waals surface area contributed by atoms with Gasteiger partial charge in [-0.25, -0.2) is 9.89 Å². The molecular formula is C22H22N4O2S. The second-order valence-corrected chi connectivity index (χ2v) is 8.32. The molecule has 29 heavy (non-hydrogen) atoms. The molecule has 2 heterocycles. The van der Waals surface area contributed by atoms with E-state index in [9.17, 15) is 9.59 Å². The molecule has 1 N–H and O–H groups in total. The van der Waals surface area contributed by atoms with Gasteiger partial charge in [0, 0.05) is 11.3 Å². The normalized spacial score (nSPS) is 17.6. The van der Waals surface area contributed by atoms with Gasteiger partial charge < -0.3 is 5.32 Å². The molecular weight excluding hydrogens is 384 g/mol. The lowest BCUT2D eigenvalue weighted by molar-refractivity contribution is -0.125.